The molecule has 0 spiro atoms. The van der Waals surface area contributed by atoms with Crippen LogP contribution >= 0.6 is 0 Å². The lowest BCUT2D eigenvalue weighted by molar-refractivity contribution is -0.115. The lowest BCUT2D eigenvalue weighted by Gasteiger charge is -2.08. The molecule has 27 heavy (non-hydrogen) atoms. The van der Waals surface area contributed by atoms with E-state index in [4.69, 9.17) is 5.73 Å². The molecule has 1 aliphatic carbocycles. The monoisotopic (exact) mass is 361 g/mol. The van der Waals surface area contributed by atoms with E-state index in [0.717, 1.165) is 24.2 Å². The van der Waals surface area contributed by atoms with Gasteiger partial charge in [0.05, 0.1) is 6.42 Å². The van der Waals surface area contributed by atoms with Crippen LogP contribution in [-0.4, -0.2) is 27.0 Å². The number of nitrogens with two attached hydrogens (primary N) is 1. The van der Waals surface area contributed by atoms with Crippen LogP contribution in [0.5, 0.6) is 0 Å². The van der Waals surface area contributed by atoms with Gasteiger partial charge < -0.3 is 11.1 Å². The minimum absolute atomic E-state index is 0.0653. The number of aromatic nitrogens is 3. The van der Waals surface area contributed by atoms with Crippen LogP contribution in [0, 0.1) is 0 Å². The molecule has 4 N–H and O–H groups in total. The molecule has 0 bridgehead atoms. The normalized spacial score (nSPS) is 13.3. The number of hydrogen-bond donors (Lipinski definition) is 3. The topological polar surface area (TPSA) is 114 Å². The van der Waals surface area contributed by atoms with Crippen molar-refractivity contribution in [1.82, 2.24) is 15.2 Å². The van der Waals surface area contributed by atoms with Gasteiger partial charge in [-0.25, -0.2) is 4.98 Å². The number of carbonyl (C=O) groups excluding carboxylic acids is 2. The van der Waals surface area contributed by atoms with Gasteiger partial charge in [0.15, 0.2) is 5.82 Å². The van der Waals surface area contributed by atoms with Crippen LogP contribution in [0.3, 0.4) is 0 Å². The minimum Gasteiger partial charge on any atom is -0.366 e. The Bertz CT molecular complexity index is 1010. The fraction of sp³-hybridized carbons (Fsp3) is 0.200. The Labute approximate surface area is 156 Å². The molecule has 0 aliphatic heterocycles. The van der Waals surface area contributed by atoms with Gasteiger partial charge in [-0.05, 0) is 36.6 Å². The van der Waals surface area contributed by atoms with E-state index in [-0.39, 0.29) is 12.3 Å². The van der Waals surface area contributed by atoms with Crippen molar-refractivity contribution < 1.29 is 9.59 Å². The molecule has 1 aliphatic rings. The molecule has 1 saturated carbocycles. The highest BCUT2D eigenvalue weighted by molar-refractivity contribution is 5.98. The molecule has 0 unspecified atom stereocenters. The number of nitrogens with zero attached hydrogens (tertiary/aromatic N) is 2. The van der Waals surface area contributed by atoms with Crippen molar-refractivity contribution in [3.8, 4) is 11.4 Å². The molecular formula is C20H19N5O2. The summed E-state index contributed by atoms with van der Waals surface area (Å²) < 4.78 is 0. The molecule has 2 aromatic carbocycles. The van der Waals surface area contributed by atoms with Crippen molar-refractivity contribution in [3.05, 3.63) is 65.5 Å². The van der Waals surface area contributed by atoms with Crippen LogP contribution in [0.15, 0.2) is 48.5 Å². The maximum atomic E-state index is 12.4. The Balaban J connectivity index is 1.48. The summed E-state index contributed by atoms with van der Waals surface area (Å²) in [5, 5.41) is 10.1. The van der Waals surface area contributed by atoms with Gasteiger partial charge in [0.1, 0.15) is 5.82 Å². The third kappa shape index (κ3) is 3.87. The second kappa shape index (κ2) is 7.03. The summed E-state index contributed by atoms with van der Waals surface area (Å²) in [6.07, 6.45) is 2.37. The number of carbonyl (C=O) groups is 2. The summed E-state index contributed by atoms with van der Waals surface area (Å²) in [6, 6.07) is 14.2. The molecule has 1 heterocycles. The summed E-state index contributed by atoms with van der Waals surface area (Å²) in [5.74, 6) is 1.26. The molecule has 1 fully saturated rings. The van der Waals surface area contributed by atoms with Gasteiger partial charge in [0.25, 0.3) is 0 Å². The van der Waals surface area contributed by atoms with Gasteiger partial charge in [0, 0.05) is 22.7 Å². The fourth-order valence-electron chi connectivity index (χ4n) is 2.97. The van der Waals surface area contributed by atoms with Crippen molar-refractivity contribution in [2.24, 2.45) is 5.73 Å². The zero-order valence-electron chi connectivity index (χ0n) is 14.6. The van der Waals surface area contributed by atoms with Crippen molar-refractivity contribution in [2.45, 2.75) is 25.2 Å². The number of amides is 2. The predicted octanol–water partition coefficient (Wildman–Crippen LogP) is 2.63. The van der Waals surface area contributed by atoms with E-state index in [2.05, 4.69) is 20.5 Å². The molecule has 1 aromatic heterocycles. The van der Waals surface area contributed by atoms with E-state index < -0.39 is 5.91 Å². The van der Waals surface area contributed by atoms with Crippen LogP contribution in [0.2, 0.25) is 0 Å². The summed E-state index contributed by atoms with van der Waals surface area (Å²) in [4.78, 5) is 28.4. The van der Waals surface area contributed by atoms with E-state index >= 15 is 0 Å². The molecular weight excluding hydrogens is 342 g/mol. The van der Waals surface area contributed by atoms with Gasteiger partial charge in [-0.2, -0.15) is 5.10 Å². The maximum absolute atomic E-state index is 12.4. The molecule has 0 radical (unpaired) electrons. The van der Waals surface area contributed by atoms with Crippen LogP contribution in [0.4, 0.5) is 5.69 Å². The highest BCUT2D eigenvalue weighted by Crippen LogP contribution is 2.38. The summed E-state index contributed by atoms with van der Waals surface area (Å²) in [7, 11) is 0. The second-order valence-corrected chi connectivity index (χ2v) is 6.65. The Morgan fingerprint density at radius 3 is 2.74 bits per heavy atom. The number of aromatic amines is 1. The maximum Gasteiger partial charge on any atom is 0.248 e. The van der Waals surface area contributed by atoms with Gasteiger partial charge in [0.2, 0.25) is 11.8 Å². The van der Waals surface area contributed by atoms with Crippen LogP contribution in [0.1, 0.15) is 40.5 Å². The third-order valence-electron chi connectivity index (χ3n) is 4.51. The smallest absolute Gasteiger partial charge is 0.248 e. The highest BCUT2D eigenvalue weighted by atomic mass is 16.2. The van der Waals surface area contributed by atoms with Crippen molar-refractivity contribution in [1.29, 1.82) is 0 Å². The number of H-pyrrole nitrogens is 1. The summed E-state index contributed by atoms with van der Waals surface area (Å²) in [5.41, 5.74) is 7.79. The SMILES string of the molecule is NC(=O)c1ccccc1CC(=O)Nc1cccc(-c2n[nH]c(C3CC3)n2)c1. The van der Waals surface area contributed by atoms with Gasteiger partial charge in [-0.15, -0.1) is 0 Å². The summed E-state index contributed by atoms with van der Waals surface area (Å²) >= 11 is 0. The first-order valence-electron chi connectivity index (χ1n) is 8.80. The van der Waals surface area contributed by atoms with Gasteiger partial charge in [-0.3, -0.25) is 14.7 Å². The number of primary amides is 1. The average Bonchev–Trinajstić information content (AvgIpc) is 3.39. The van der Waals surface area contributed by atoms with Gasteiger partial charge >= 0.3 is 0 Å². The molecule has 4 rings (SSSR count). The number of anilines is 1. The summed E-state index contributed by atoms with van der Waals surface area (Å²) in [6.45, 7) is 0. The van der Waals surface area contributed by atoms with Gasteiger partial charge in [-0.1, -0.05) is 30.3 Å². The Kier molecular flexibility index (Phi) is 4.42. The largest absolute Gasteiger partial charge is 0.366 e. The number of nitrogens with one attached hydrogen (secondary N) is 2. The molecule has 0 atom stereocenters. The standard InChI is InChI=1S/C20H19N5O2/c21-18(27)16-7-2-1-4-13(16)11-17(26)22-15-6-3-5-14(10-15)20-23-19(24-25-20)12-8-9-12/h1-7,10,12H,8-9,11H2,(H2,21,27)(H,22,26)(H,23,24,25). The molecule has 3 aromatic rings. The predicted molar refractivity (Wildman–Crippen MR) is 101 cm³/mol. The Hall–Kier alpha value is -3.48. The first kappa shape index (κ1) is 17.0. The molecule has 7 nitrogen and oxygen atoms in total. The van der Waals surface area contributed by atoms with E-state index in [0.29, 0.717) is 28.6 Å². The lowest BCUT2D eigenvalue weighted by Crippen LogP contribution is -2.19. The quantitative estimate of drug-likeness (QED) is 0.626. The zero-order valence-corrected chi connectivity index (χ0v) is 14.6. The van der Waals surface area contributed by atoms with E-state index in [1.54, 1.807) is 30.3 Å². The first-order chi connectivity index (χ1) is 13.1. The van der Waals surface area contributed by atoms with Crippen molar-refractivity contribution >= 4 is 17.5 Å². The Morgan fingerprint density at radius 1 is 1.15 bits per heavy atom. The van der Waals surface area contributed by atoms with Crippen molar-refractivity contribution in [2.75, 3.05) is 5.32 Å². The van der Waals surface area contributed by atoms with Crippen molar-refractivity contribution in [3.63, 3.8) is 0 Å². The number of rotatable bonds is 6. The minimum atomic E-state index is -0.545. The van der Waals surface area contributed by atoms with Crippen LogP contribution in [-0.2, 0) is 11.2 Å². The van der Waals surface area contributed by atoms with E-state index in [1.807, 2.05) is 18.2 Å². The molecule has 136 valence electrons. The van der Waals surface area contributed by atoms with Crippen LogP contribution in [0.25, 0.3) is 11.4 Å². The van der Waals surface area contributed by atoms with E-state index in [9.17, 15) is 9.59 Å². The average molecular weight is 361 g/mol. The number of benzene rings is 2. The zero-order chi connectivity index (χ0) is 18.8. The van der Waals surface area contributed by atoms with Crippen LogP contribution < -0.4 is 11.1 Å². The fourth-order valence-corrected chi connectivity index (χ4v) is 2.97. The Morgan fingerprint density at radius 2 is 1.96 bits per heavy atom. The molecule has 0 saturated heterocycles. The lowest BCUT2D eigenvalue weighted by atomic mass is 10.0. The molecule has 7 heteroatoms. The third-order valence-corrected chi connectivity index (χ3v) is 4.51. The highest BCUT2D eigenvalue weighted by Gasteiger charge is 2.27. The first-order valence-corrected chi connectivity index (χ1v) is 8.80. The number of hydrogen-bond acceptors (Lipinski definition) is 4. The molecule has 2 amide bonds. The second-order valence-electron chi connectivity index (χ2n) is 6.65. The van der Waals surface area contributed by atoms with E-state index in [1.165, 1.54) is 0 Å².